The van der Waals surface area contributed by atoms with Gasteiger partial charge in [-0.05, 0) is 37.0 Å². The first-order valence-electron chi connectivity index (χ1n) is 7.65. The normalized spacial score (nSPS) is 20.0. The lowest BCUT2D eigenvalue weighted by Gasteiger charge is -2.38. The van der Waals surface area contributed by atoms with E-state index in [0.717, 1.165) is 25.1 Å². The minimum absolute atomic E-state index is 0. The van der Waals surface area contributed by atoms with Gasteiger partial charge in [0.1, 0.15) is 12.7 Å². The van der Waals surface area contributed by atoms with Crippen molar-refractivity contribution >= 4 is 30.7 Å². The molecule has 1 aliphatic heterocycles. The van der Waals surface area contributed by atoms with Gasteiger partial charge in [-0.15, -0.1) is 24.8 Å². The molecule has 0 bridgehead atoms. The van der Waals surface area contributed by atoms with Crippen LogP contribution in [-0.2, 0) is 0 Å². The van der Waals surface area contributed by atoms with Gasteiger partial charge < -0.3 is 10.6 Å². The molecule has 1 saturated heterocycles. The smallest absolute Gasteiger partial charge is 0.254 e. The maximum Gasteiger partial charge on any atom is 0.254 e. The van der Waals surface area contributed by atoms with Crippen LogP contribution in [0.1, 0.15) is 30.1 Å². The molecular weight excluding hydrogens is 349 g/mol. The summed E-state index contributed by atoms with van der Waals surface area (Å²) < 4.78 is 1.65. The second-order valence-electron chi connectivity index (χ2n) is 5.91. The lowest BCUT2D eigenvalue weighted by Crippen LogP contribution is -2.49. The number of nitrogens with two attached hydrogens (primary N) is 1. The van der Waals surface area contributed by atoms with E-state index in [1.807, 2.05) is 29.2 Å². The van der Waals surface area contributed by atoms with Crippen molar-refractivity contribution in [1.82, 2.24) is 19.7 Å². The van der Waals surface area contributed by atoms with Gasteiger partial charge in [0.25, 0.3) is 5.91 Å². The summed E-state index contributed by atoms with van der Waals surface area (Å²) in [6, 6.07) is 7.60. The third-order valence-corrected chi connectivity index (χ3v) is 4.29. The van der Waals surface area contributed by atoms with Gasteiger partial charge in [-0.3, -0.25) is 4.79 Å². The highest BCUT2D eigenvalue weighted by Crippen LogP contribution is 2.24. The van der Waals surface area contributed by atoms with E-state index in [9.17, 15) is 4.79 Å². The predicted molar refractivity (Wildman–Crippen MR) is 98.1 cm³/mol. The summed E-state index contributed by atoms with van der Waals surface area (Å²) in [5.41, 5.74) is 7.36. The molecule has 2 aromatic rings. The predicted octanol–water partition coefficient (Wildman–Crippen LogP) is 2.31. The molecular formula is C16H23Cl2N5O. The first kappa shape index (κ1) is 20.4. The molecule has 1 aliphatic rings. The molecule has 0 saturated carbocycles. The van der Waals surface area contributed by atoms with Gasteiger partial charge >= 0.3 is 0 Å². The minimum Gasteiger partial charge on any atom is -0.334 e. The number of nitrogens with zero attached hydrogens (tertiary/aromatic N) is 4. The van der Waals surface area contributed by atoms with E-state index in [1.165, 1.54) is 6.33 Å². The molecule has 2 heterocycles. The van der Waals surface area contributed by atoms with Crippen LogP contribution >= 0.6 is 24.8 Å². The van der Waals surface area contributed by atoms with Crippen LogP contribution < -0.4 is 5.73 Å². The van der Waals surface area contributed by atoms with Crippen molar-refractivity contribution in [2.75, 3.05) is 13.1 Å². The molecule has 2 N–H and O–H groups in total. The number of aromatic nitrogens is 3. The maximum absolute atomic E-state index is 12.8. The fourth-order valence-electron chi connectivity index (χ4n) is 3.03. The molecule has 1 amide bonds. The number of carbonyl (C=O) groups is 1. The van der Waals surface area contributed by atoms with E-state index in [0.29, 0.717) is 18.0 Å². The summed E-state index contributed by atoms with van der Waals surface area (Å²) in [6.45, 7) is 3.50. The van der Waals surface area contributed by atoms with Crippen LogP contribution in [0.15, 0.2) is 36.9 Å². The summed E-state index contributed by atoms with van der Waals surface area (Å²) in [7, 11) is 0. The summed E-state index contributed by atoms with van der Waals surface area (Å²) >= 11 is 0. The second kappa shape index (κ2) is 9.01. The number of amides is 1. The van der Waals surface area contributed by atoms with Crippen LogP contribution in [0.4, 0.5) is 0 Å². The van der Waals surface area contributed by atoms with E-state index in [1.54, 1.807) is 11.0 Å². The van der Waals surface area contributed by atoms with E-state index >= 15 is 0 Å². The van der Waals surface area contributed by atoms with Crippen molar-refractivity contribution in [3.8, 4) is 5.69 Å². The minimum atomic E-state index is 0. The molecule has 3 rings (SSSR count). The number of piperidine rings is 1. The molecule has 2 unspecified atom stereocenters. The molecule has 0 radical (unpaired) electrons. The molecule has 1 aromatic heterocycles. The Morgan fingerprint density at radius 3 is 2.83 bits per heavy atom. The Bertz CT molecular complexity index is 650. The SMILES string of the molecule is CC1CCN(C(=O)c2cccc(-n3cncn3)c2)C(CN)C1.Cl.Cl. The third-order valence-electron chi connectivity index (χ3n) is 4.29. The van der Waals surface area contributed by atoms with Crippen molar-refractivity contribution in [2.45, 2.75) is 25.8 Å². The zero-order chi connectivity index (χ0) is 15.5. The van der Waals surface area contributed by atoms with Crippen LogP contribution in [0.3, 0.4) is 0 Å². The number of benzene rings is 1. The Morgan fingerprint density at radius 1 is 1.38 bits per heavy atom. The number of halogens is 2. The molecule has 132 valence electrons. The van der Waals surface area contributed by atoms with Gasteiger partial charge in [0.2, 0.25) is 0 Å². The monoisotopic (exact) mass is 371 g/mol. The van der Waals surface area contributed by atoms with Gasteiger partial charge in [-0.25, -0.2) is 9.67 Å². The Balaban J connectivity index is 0.00000144. The standard InChI is InChI=1S/C16H21N5O.2ClH/c1-12-5-6-20(15(7-12)9-17)16(22)13-3-2-4-14(8-13)21-11-18-10-19-21;;/h2-4,8,10-12,15H,5-7,9,17H2,1H3;2*1H. The van der Waals surface area contributed by atoms with E-state index < -0.39 is 0 Å². The van der Waals surface area contributed by atoms with Crippen LogP contribution in [0.25, 0.3) is 5.69 Å². The molecule has 0 aliphatic carbocycles. The zero-order valence-corrected chi connectivity index (χ0v) is 15.2. The van der Waals surface area contributed by atoms with Gasteiger partial charge in [0.15, 0.2) is 0 Å². The average Bonchev–Trinajstić information content (AvgIpc) is 3.08. The van der Waals surface area contributed by atoms with Crippen LogP contribution in [0.5, 0.6) is 0 Å². The molecule has 0 spiro atoms. The lowest BCUT2D eigenvalue weighted by atomic mass is 9.92. The molecule has 6 nitrogen and oxygen atoms in total. The summed E-state index contributed by atoms with van der Waals surface area (Å²) in [5, 5.41) is 4.10. The van der Waals surface area contributed by atoms with Crippen molar-refractivity contribution in [3.63, 3.8) is 0 Å². The highest BCUT2D eigenvalue weighted by Gasteiger charge is 2.29. The molecule has 2 atom stereocenters. The van der Waals surface area contributed by atoms with Crippen molar-refractivity contribution < 1.29 is 4.79 Å². The Morgan fingerprint density at radius 2 is 2.17 bits per heavy atom. The zero-order valence-electron chi connectivity index (χ0n) is 13.5. The fraction of sp³-hybridized carbons (Fsp3) is 0.438. The van der Waals surface area contributed by atoms with Gasteiger partial charge in [-0.2, -0.15) is 5.10 Å². The molecule has 1 fully saturated rings. The first-order valence-corrected chi connectivity index (χ1v) is 7.65. The van der Waals surface area contributed by atoms with Gasteiger partial charge in [-0.1, -0.05) is 13.0 Å². The Hall–Kier alpha value is -1.63. The average molecular weight is 372 g/mol. The number of hydrogen-bond acceptors (Lipinski definition) is 4. The lowest BCUT2D eigenvalue weighted by molar-refractivity contribution is 0.0573. The van der Waals surface area contributed by atoms with Crippen molar-refractivity contribution in [1.29, 1.82) is 0 Å². The van der Waals surface area contributed by atoms with E-state index in [4.69, 9.17) is 5.73 Å². The number of rotatable bonds is 3. The van der Waals surface area contributed by atoms with E-state index in [-0.39, 0.29) is 36.8 Å². The van der Waals surface area contributed by atoms with Crippen LogP contribution in [-0.4, -0.2) is 44.7 Å². The number of hydrogen-bond donors (Lipinski definition) is 1. The number of carbonyl (C=O) groups excluding carboxylic acids is 1. The summed E-state index contributed by atoms with van der Waals surface area (Å²) in [4.78, 5) is 18.7. The third kappa shape index (κ3) is 4.26. The fourth-order valence-corrected chi connectivity index (χ4v) is 3.03. The molecule has 8 heteroatoms. The summed E-state index contributed by atoms with van der Waals surface area (Å²) in [6.07, 6.45) is 5.11. The molecule has 1 aromatic carbocycles. The van der Waals surface area contributed by atoms with Gasteiger partial charge in [0, 0.05) is 24.7 Å². The van der Waals surface area contributed by atoms with Gasteiger partial charge in [0.05, 0.1) is 5.69 Å². The van der Waals surface area contributed by atoms with Crippen molar-refractivity contribution in [3.05, 3.63) is 42.5 Å². The molecule has 24 heavy (non-hydrogen) atoms. The van der Waals surface area contributed by atoms with Crippen LogP contribution in [0, 0.1) is 5.92 Å². The summed E-state index contributed by atoms with van der Waals surface area (Å²) in [5.74, 6) is 0.670. The maximum atomic E-state index is 12.8. The van der Waals surface area contributed by atoms with E-state index in [2.05, 4.69) is 17.0 Å². The highest BCUT2D eigenvalue weighted by atomic mass is 35.5. The topological polar surface area (TPSA) is 77.0 Å². The largest absolute Gasteiger partial charge is 0.334 e. The second-order valence-corrected chi connectivity index (χ2v) is 5.91. The van der Waals surface area contributed by atoms with Crippen molar-refractivity contribution in [2.24, 2.45) is 11.7 Å². The Kier molecular flexibility index (Phi) is 7.66. The number of likely N-dealkylation sites (tertiary alicyclic amines) is 1. The highest BCUT2D eigenvalue weighted by molar-refractivity contribution is 5.95. The van der Waals surface area contributed by atoms with Crippen LogP contribution in [0.2, 0.25) is 0 Å². The Labute approximate surface area is 154 Å². The first-order chi connectivity index (χ1) is 10.7. The quantitative estimate of drug-likeness (QED) is 0.897.